The molecule has 0 radical (unpaired) electrons. The standard InChI is InChI=1S/C19H23N3O.C6H15NO.C2H6/c1-12(2)18-15(8-6-13-5-4-10-21-19(13)20)16-11-14(23-3)7-9-17(16)22-18;1-3-6(8)5-7-4-2;1-2/h4,6-7,9-12,22H,5,8H2,1-3H3,(H2,20,21);6-8H,3-5H2,1-2H3;1-2H3/b13-6+;;. The zero-order valence-corrected chi connectivity index (χ0v) is 21.5. The number of rotatable bonds is 8. The highest BCUT2D eigenvalue weighted by Gasteiger charge is 2.15. The van der Waals surface area contributed by atoms with Crippen LogP contribution in [0.4, 0.5) is 0 Å². The van der Waals surface area contributed by atoms with Crippen molar-refractivity contribution in [1.82, 2.24) is 10.3 Å². The Balaban J connectivity index is 0.000000464. The van der Waals surface area contributed by atoms with Crippen LogP contribution in [-0.4, -0.2) is 42.2 Å². The number of benzene rings is 1. The van der Waals surface area contributed by atoms with E-state index in [2.05, 4.69) is 47.3 Å². The summed E-state index contributed by atoms with van der Waals surface area (Å²) in [6.45, 7) is 14.1. The van der Waals surface area contributed by atoms with Crippen LogP contribution in [0.1, 0.15) is 71.6 Å². The van der Waals surface area contributed by atoms with Crippen LogP contribution in [0.15, 0.2) is 47.1 Å². The third kappa shape index (κ3) is 8.71. The normalized spacial score (nSPS) is 14.9. The minimum absolute atomic E-state index is 0.157. The number of aliphatic hydroxyl groups is 1. The molecule has 0 fully saturated rings. The molecule has 184 valence electrons. The first kappa shape index (κ1) is 28.5. The maximum atomic E-state index is 8.93. The van der Waals surface area contributed by atoms with Gasteiger partial charge in [0.1, 0.15) is 11.6 Å². The summed E-state index contributed by atoms with van der Waals surface area (Å²) < 4.78 is 5.38. The molecule has 2 aromatic rings. The highest BCUT2D eigenvalue weighted by Crippen LogP contribution is 2.31. The number of aromatic amines is 1. The van der Waals surface area contributed by atoms with E-state index < -0.39 is 0 Å². The van der Waals surface area contributed by atoms with E-state index in [1.807, 2.05) is 39.8 Å². The number of H-pyrrole nitrogens is 1. The monoisotopic (exact) mass is 456 g/mol. The minimum Gasteiger partial charge on any atom is -0.497 e. The average molecular weight is 457 g/mol. The fourth-order valence-electron chi connectivity index (χ4n) is 3.46. The Kier molecular flexibility index (Phi) is 13.2. The molecular formula is C27H44N4O2. The van der Waals surface area contributed by atoms with E-state index in [4.69, 9.17) is 15.6 Å². The molecular weight excluding hydrogens is 412 g/mol. The van der Waals surface area contributed by atoms with E-state index >= 15 is 0 Å². The van der Waals surface area contributed by atoms with Crippen LogP contribution in [0.25, 0.3) is 10.9 Å². The average Bonchev–Trinajstić information content (AvgIpc) is 3.21. The van der Waals surface area contributed by atoms with Gasteiger partial charge >= 0.3 is 0 Å². The van der Waals surface area contributed by atoms with Crippen molar-refractivity contribution < 1.29 is 9.84 Å². The van der Waals surface area contributed by atoms with Crippen molar-refractivity contribution in [3.05, 3.63) is 53.4 Å². The van der Waals surface area contributed by atoms with E-state index in [1.165, 1.54) is 16.6 Å². The fraction of sp³-hybridized carbons (Fsp3) is 0.519. The summed E-state index contributed by atoms with van der Waals surface area (Å²) >= 11 is 0. The molecule has 0 saturated heterocycles. The number of aliphatic imine (C=N–C) groups is 1. The van der Waals surface area contributed by atoms with Gasteiger partial charge in [-0.25, -0.2) is 4.99 Å². The molecule has 1 aliphatic rings. The molecule has 1 atom stereocenters. The SMILES string of the molecule is CC.CCNCC(O)CC.COc1ccc2[nH]c(C(C)C)c(C/C=C3\CC=CN=C3N)c2c1. The number of fused-ring (bicyclic) bond motifs is 1. The molecule has 6 nitrogen and oxygen atoms in total. The first-order chi connectivity index (χ1) is 15.9. The molecule has 0 spiro atoms. The summed E-state index contributed by atoms with van der Waals surface area (Å²) in [6, 6.07) is 6.17. The van der Waals surface area contributed by atoms with Gasteiger partial charge < -0.3 is 25.9 Å². The lowest BCUT2D eigenvalue weighted by Crippen LogP contribution is -2.25. The molecule has 5 N–H and O–H groups in total. The molecule has 2 heterocycles. The smallest absolute Gasteiger partial charge is 0.126 e. The molecule has 6 heteroatoms. The Morgan fingerprint density at radius 3 is 2.58 bits per heavy atom. The van der Waals surface area contributed by atoms with Crippen LogP contribution in [0, 0.1) is 0 Å². The summed E-state index contributed by atoms with van der Waals surface area (Å²) in [4.78, 5) is 7.73. The minimum atomic E-state index is -0.157. The number of methoxy groups -OCH3 is 1. The van der Waals surface area contributed by atoms with Crippen LogP contribution in [0.5, 0.6) is 5.75 Å². The van der Waals surface area contributed by atoms with Crippen molar-refractivity contribution in [1.29, 1.82) is 0 Å². The largest absolute Gasteiger partial charge is 0.497 e. The second-order valence-electron chi connectivity index (χ2n) is 7.99. The van der Waals surface area contributed by atoms with Crippen molar-refractivity contribution in [2.45, 2.75) is 72.8 Å². The van der Waals surface area contributed by atoms with Crippen molar-refractivity contribution in [3.8, 4) is 5.75 Å². The first-order valence-electron chi connectivity index (χ1n) is 12.2. The van der Waals surface area contributed by atoms with Crippen molar-refractivity contribution >= 4 is 16.7 Å². The number of amidine groups is 1. The number of allylic oxidation sites excluding steroid dienone is 2. The third-order valence-electron chi connectivity index (χ3n) is 5.36. The maximum absolute atomic E-state index is 8.93. The van der Waals surface area contributed by atoms with Crippen LogP contribution < -0.4 is 15.8 Å². The quantitative estimate of drug-likeness (QED) is 0.425. The van der Waals surface area contributed by atoms with Gasteiger partial charge in [0.25, 0.3) is 0 Å². The van der Waals surface area contributed by atoms with Crippen LogP contribution in [0.3, 0.4) is 0 Å². The van der Waals surface area contributed by atoms with Gasteiger partial charge in [-0.15, -0.1) is 0 Å². The summed E-state index contributed by atoms with van der Waals surface area (Å²) in [5.41, 5.74) is 10.8. The molecule has 0 saturated carbocycles. The number of nitrogens with zero attached hydrogens (tertiary/aromatic N) is 1. The van der Waals surface area contributed by atoms with E-state index in [9.17, 15) is 0 Å². The Bertz CT molecular complexity index is 926. The van der Waals surface area contributed by atoms with E-state index in [1.54, 1.807) is 13.3 Å². The third-order valence-corrected chi connectivity index (χ3v) is 5.36. The van der Waals surface area contributed by atoms with Crippen molar-refractivity contribution in [3.63, 3.8) is 0 Å². The predicted octanol–water partition coefficient (Wildman–Crippen LogP) is 5.44. The molecule has 33 heavy (non-hydrogen) atoms. The highest BCUT2D eigenvalue weighted by molar-refractivity contribution is 5.98. The number of hydrogen-bond acceptors (Lipinski definition) is 5. The lowest BCUT2D eigenvalue weighted by atomic mass is 9.98. The number of aromatic nitrogens is 1. The Morgan fingerprint density at radius 2 is 2.00 bits per heavy atom. The summed E-state index contributed by atoms with van der Waals surface area (Å²) in [6.07, 6.45) is 8.35. The van der Waals surface area contributed by atoms with Gasteiger partial charge in [0.05, 0.1) is 13.2 Å². The molecule has 1 aliphatic heterocycles. The number of hydrogen-bond donors (Lipinski definition) is 4. The van der Waals surface area contributed by atoms with Gasteiger partial charge in [-0.1, -0.05) is 53.7 Å². The van der Waals surface area contributed by atoms with Gasteiger partial charge in [-0.3, -0.25) is 0 Å². The molecule has 3 rings (SSSR count). The summed E-state index contributed by atoms with van der Waals surface area (Å²) in [5.74, 6) is 1.93. The van der Waals surface area contributed by atoms with Crippen molar-refractivity contribution in [2.24, 2.45) is 10.7 Å². The van der Waals surface area contributed by atoms with Gasteiger partial charge in [0.15, 0.2) is 0 Å². The maximum Gasteiger partial charge on any atom is 0.126 e. The Morgan fingerprint density at radius 1 is 1.27 bits per heavy atom. The number of nitrogens with one attached hydrogen (secondary N) is 2. The van der Waals surface area contributed by atoms with Gasteiger partial charge in [0.2, 0.25) is 0 Å². The van der Waals surface area contributed by atoms with E-state index in [0.717, 1.165) is 49.2 Å². The lowest BCUT2D eigenvalue weighted by molar-refractivity contribution is 0.168. The van der Waals surface area contributed by atoms with E-state index in [0.29, 0.717) is 11.8 Å². The summed E-state index contributed by atoms with van der Waals surface area (Å²) in [5, 5.41) is 13.2. The van der Waals surface area contributed by atoms with Gasteiger partial charge in [-0.2, -0.15) is 0 Å². The van der Waals surface area contributed by atoms with Crippen LogP contribution in [-0.2, 0) is 6.42 Å². The van der Waals surface area contributed by atoms with Crippen molar-refractivity contribution in [2.75, 3.05) is 20.2 Å². The highest BCUT2D eigenvalue weighted by atomic mass is 16.5. The fourth-order valence-corrected chi connectivity index (χ4v) is 3.46. The molecule has 1 unspecified atom stereocenters. The second kappa shape index (κ2) is 15.3. The molecule has 0 aliphatic carbocycles. The van der Waals surface area contributed by atoms with Crippen LogP contribution >= 0.6 is 0 Å². The topological polar surface area (TPSA) is 95.7 Å². The number of likely N-dealkylation sites (N-methyl/N-ethyl adjacent to an activating group) is 1. The first-order valence-corrected chi connectivity index (χ1v) is 12.2. The van der Waals surface area contributed by atoms with E-state index in [-0.39, 0.29) is 6.10 Å². The number of ether oxygens (including phenoxy) is 1. The molecule has 0 amide bonds. The second-order valence-corrected chi connectivity index (χ2v) is 7.99. The van der Waals surface area contributed by atoms with Crippen LogP contribution in [0.2, 0.25) is 0 Å². The lowest BCUT2D eigenvalue weighted by Gasteiger charge is -2.10. The van der Waals surface area contributed by atoms with Gasteiger partial charge in [0, 0.05) is 29.3 Å². The molecule has 1 aromatic heterocycles. The number of aliphatic hydroxyl groups excluding tert-OH is 1. The van der Waals surface area contributed by atoms with Gasteiger partial charge in [-0.05, 0) is 61.1 Å². The number of nitrogens with two attached hydrogens (primary N) is 1. The Labute approximate surface area is 200 Å². The zero-order chi connectivity index (χ0) is 24.8. The molecule has 1 aromatic carbocycles. The molecule has 0 bridgehead atoms. The Hall–Kier alpha value is -2.57. The predicted molar refractivity (Wildman–Crippen MR) is 142 cm³/mol. The summed E-state index contributed by atoms with van der Waals surface area (Å²) in [7, 11) is 1.70. The zero-order valence-electron chi connectivity index (χ0n) is 21.5.